The number of hydrogen-bond donors (Lipinski definition) is 1. The summed E-state index contributed by atoms with van der Waals surface area (Å²) in [7, 11) is 0. The number of rotatable bonds is 7. The van der Waals surface area contributed by atoms with Gasteiger partial charge in [-0.2, -0.15) is 0 Å². The van der Waals surface area contributed by atoms with Crippen molar-refractivity contribution in [3.8, 4) is 11.5 Å². The molecule has 128 valence electrons. The highest BCUT2D eigenvalue weighted by molar-refractivity contribution is 6.31. The van der Waals surface area contributed by atoms with Crippen LogP contribution in [0.2, 0.25) is 5.02 Å². The highest BCUT2D eigenvalue weighted by Crippen LogP contribution is 2.21. The van der Waals surface area contributed by atoms with E-state index in [0.717, 1.165) is 16.9 Å². The van der Waals surface area contributed by atoms with E-state index in [4.69, 9.17) is 21.1 Å². The molecule has 24 heavy (non-hydrogen) atoms. The molecule has 1 amide bonds. The molecule has 5 heteroatoms. The van der Waals surface area contributed by atoms with Crippen LogP contribution in [0.15, 0.2) is 36.4 Å². The van der Waals surface area contributed by atoms with Gasteiger partial charge in [0.1, 0.15) is 18.1 Å². The number of aryl methyl sites for hydroxylation is 3. The minimum Gasteiger partial charge on any atom is -0.491 e. The highest BCUT2D eigenvalue weighted by atomic mass is 35.5. The molecule has 1 N–H and O–H groups in total. The molecule has 0 saturated carbocycles. The third-order valence-corrected chi connectivity index (χ3v) is 3.94. The van der Waals surface area contributed by atoms with Gasteiger partial charge in [-0.15, -0.1) is 0 Å². The summed E-state index contributed by atoms with van der Waals surface area (Å²) in [6, 6.07) is 11.3. The number of nitrogens with one attached hydrogen (secondary N) is 1. The van der Waals surface area contributed by atoms with E-state index < -0.39 is 0 Å². The summed E-state index contributed by atoms with van der Waals surface area (Å²) in [6.07, 6.45) is 0. The van der Waals surface area contributed by atoms with Crippen LogP contribution in [0, 0.1) is 20.8 Å². The van der Waals surface area contributed by atoms with Crippen molar-refractivity contribution in [2.75, 3.05) is 19.8 Å². The first-order valence-corrected chi connectivity index (χ1v) is 8.19. The van der Waals surface area contributed by atoms with Crippen molar-refractivity contribution < 1.29 is 14.3 Å². The number of ether oxygens (including phenoxy) is 2. The van der Waals surface area contributed by atoms with Gasteiger partial charge in [-0.25, -0.2) is 0 Å². The molecule has 0 aliphatic rings. The first-order valence-electron chi connectivity index (χ1n) is 7.81. The maximum Gasteiger partial charge on any atom is 0.258 e. The summed E-state index contributed by atoms with van der Waals surface area (Å²) >= 11 is 5.95. The topological polar surface area (TPSA) is 47.6 Å². The first-order chi connectivity index (χ1) is 11.5. The highest BCUT2D eigenvalue weighted by Gasteiger charge is 2.05. The van der Waals surface area contributed by atoms with Gasteiger partial charge in [-0.05, 0) is 56.2 Å². The standard InChI is InChI=1S/C19H22ClNO3/c1-13-4-7-18(15(3)10-13)23-9-8-21-19(22)12-24-16-5-6-17(20)14(2)11-16/h4-7,10-11H,8-9,12H2,1-3H3,(H,21,22). The van der Waals surface area contributed by atoms with Crippen molar-refractivity contribution in [2.24, 2.45) is 0 Å². The number of amides is 1. The number of carbonyl (C=O) groups excluding carboxylic acids is 1. The van der Waals surface area contributed by atoms with Gasteiger partial charge in [0.25, 0.3) is 5.91 Å². The van der Waals surface area contributed by atoms with Crippen molar-refractivity contribution in [3.05, 3.63) is 58.1 Å². The van der Waals surface area contributed by atoms with E-state index in [0.29, 0.717) is 23.9 Å². The quantitative estimate of drug-likeness (QED) is 0.774. The van der Waals surface area contributed by atoms with E-state index in [2.05, 4.69) is 11.4 Å². The molecule has 2 aromatic rings. The molecular formula is C19H22ClNO3. The molecule has 0 atom stereocenters. The second-order valence-corrected chi connectivity index (χ2v) is 6.07. The van der Waals surface area contributed by atoms with Crippen LogP contribution in [-0.2, 0) is 4.79 Å². The Labute approximate surface area is 147 Å². The molecule has 0 fully saturated rings. The van der Waals surface area contributed by atoms with Crippen LogP contribution in [0.5, 0.6) is 11.5 Å². The van der Waals surface area contributed by atoms with Crippen LogP contribution in [0.4, 0.5) is 0 Å². The smallest absolute Gasteiger partial charge is 0.258 e. The average Bonchev–Trinajstić information content (AvgIpc) is 2.54. The Morgan fingerprint density at radius 3 is 2.54 bits per heavy atom. The average molecular weight is 348 g/mol. The Kier molecular flexibility index (Phi) is 6.50. The van der Waals surface area contributed by atoms with Gasteiger partial charge < -0.3 is 14.8 Å². The number of halogens is 1. The largest absolute Gasteiger partial charge is 0.491 e. The molecule has 2 aromatic carbocycles. The predicted molar refractivity (Wildman–Crippen MR) is 96.1 cm³/mol. The lowest BCUT2D eigenvalue weighted by Crippen LogP contribution is -2.32. The molecule has 0 saturated heterocycles. The van der Waals surface area contributed by atoms with E-state index in [9.17, 15) is 4.79 Å². The van der Waals surface area contributed by atoms with Crippen molar-refractivity contribution in [1.29, 1.82) is 0 Å². The maximum absolute atomic E-state index is 11.8. The van der Waals surface area contributed by atoms with E-state index in [-0.39, 0.29) is 12.5 Å². The monoisotopic (exact) mass is 347 g/mol. The summed E-state index contributed by atoms with van der Waals surface area (Å²) < 4.78 is 11.1. The van der Waals surface area contributed by atoms with E-state index >= 15 is 0 Å². The van der Waals surface area contributed by atoms with E-state index in [1.165, 1.54) is 5.56 Å². The first kappa shape index (κ1) is 18.1. The Morgan fingerprint density at radius 1 is 1.04 bits per heavy atom. The molecule has 0 heterocycles. The third-order valence-electron chi connectivity index (χ3n) is 3.51. The summed E-state index contributed by atoms with van der Waals surface area (Å²) in [6.45, 7) is 6.73. The Balaban J connectivity index is 1.68. The number of hydrogen-bond acceptors (Lipinski definition) is 3. The van der Waals surface area contributed by atoms with Crippen molar-refractivity contribution in [2.45, 2.75) is 20.8 Å². The van der Waals surface area contributed by atoms with Gasteiger partial charge in [0, 0.05) is 5.02 Å². The van der Waals surface area contributed by atoms with E-state index in [1.54, 1.807) is 18.2 Å². The maximum atomic E-state index is 11.8. The van der Waals surface area contributed by atoms with Gasteiger partial charge in [-0.3, -0.25) is 4.79 Å². The molecule has 0 aromatic heterocycles. The van der Waals surface area contributed by atoms with Gasteiger partial charge >= 0.3 is 0 Å². The van der Waals surface area contributed by atoms with Gasteiger partial charge in [-0.1, -0.05) is 29.3 Å². The molecule has 0 unspecified atom stereocenters. The number of benzene rings is 2. The lowest BCUT2D eigenvalue weighted by molar-refractivity contribution is -0.123. The fraction of sp³-hybridized carbons (Fsp3) is 0.316. The Hall–Kier alpha value is -2.20. The summed E-state index contributed by atoms with van der Waals surface area (Å²) in [5, 5.41) is 3.44. The van der Waals surface area contributed by atoms with Gasteiger partial charge in [0.05, 0.1) is 6.54 Å². The molecule has 0 aliphatic carbocycles. The molecule has 2 rings (SSSR count). The van der Waals surface area contributed by atoms with Crippen molar-refractivity contribution in [3.63, 3.8) is 0 Å². The number of carbonyl (C=O) groups is 1. The van der Waals surface area contributed by atoms with Crippen molar-refractivity contribution in [1.82, 2.24) is 5.32 Å². The van der Waals surface area contributed by atoms with Crippen LogP contribution in [-0.4, -0.2) is 25.7 Å². The second kappa shape index (κ2) is 8.60. The lowest BCUT2D eigenvalue weighted by atomic mass is 10.1. The SMILES string of the molecule is Cc1ccc(OCCNC(=O)COc2ccc(Cl)c(C)c2)c(C)c1. The van der Waals surface area contributed by atoms with Crippen LogP contribution in [0.1, 0.15) is 16.7 Å². The van der Waals surface area contributed by atoms with Crippen LogP contribution >= 0.6 is 11.6 Å². The van der Waals surface area contributed by atoms with Crippen molar-refractivity contribution >= 4 is 17.5 Å². The Morgan fingerprint density at radius 2 is 1.83 bits per heavy atom. The minimum absolute atomic E-state index is 0.0371. The zero-order chi connectivity index (χ0) is 17.5. The zero-order valence-electron chi connectivity index (χ0n) is 14.2. The molecule has 0 spiro atoms. The fourth-order valence-electron chi connectivity index (χ4n) is 2.22. The second-order valence-electron chi connectivity index (χ2n) is 5.67. The van der Waals surface area contributed by atoms with Crippen LogP contribution < -0.4 is 14.8 Å². The summed E-state index contributed by atoms with van der Waals surface area (Å²) in [4.78, 5) is 11.8. The normalized spacial score (nSPS) is 10.3. The lowest BCUT2D eigenvalue weighted by Gasteiger charge is -2.11. The zero-order valence-corrected chi connectivity index (χ0v) is 14.9. The molecule has 0 radical (unpaired) electrons. The molecular weight excluding hydrogens is 326 g/mol. The molecule has 0 bridgehead atoms. The summed E-state index contributed by atoms with van der Waals surface area (Å²) in [5.41, 5.74) is 3.20. The third kappa shape index (κ3) is 5.46. The fourth-order valence-corrected chi connectivity index (χ4v) is 2.34. The van der Waals surface area contributed by atoms with E-state index in [1.807, 2.05) is 32.9 Å². The molecule has 4 nitrogen and oxygen atoms in total. The minimum atomic E-state index is -0.188. The van der Waals surface area contributed by atoms with Gasteiger partial charge in [0.15, 0.2) is 6.61 Å². The summed E-state index contributed by atoms with van der Waals surface area (Å²) in [5.74, 6) is 1.27. The molecule has 0 aliphatic heterocycles. The van der Waals surface area contributed by atoms with Crippen LogP contribution in [0.3, 0.4) is 0 Å². The van der Waals surface area contributed by atoms with Gasteiger partial charge in [0.2, 0.25) is 0 Å². The Bertz CT molecular complexity index is 716. The predicted octanol–water partition coefficient (Wildman–Crippen LogP) is 3.84. The van der Waals surface area contributed by atoms with Crippen LogP contribution in [0.25, 0.3) is 0 Å².